The molecule has 0 aromatic heterocycles. The van der Waals surface area contributed by atoms with Crippen LogP contribution >= 0.6 is 0 Å². The molecule has 0 fully saturated rings. The Morgan fingerprint density at radius 1 is 1.14 bits per heavy atom. The van der Waals surface area contributed by atoms with E-state index in [1.54, 1.807) is 0 Å². The van der Waals surface area contributed by atoms with Crippen molar-refractivity contribution in [3.8, 4) is 0 Å². The molecule has 0 bridgehead atoms. The Morgan fingerprint density at radius 3 is 2.43 bits per heavy atom. The Hall–Kier alpha value is -0.770. The largest absolute Gasteiger partial charge is 0.370 e. The van der Waals surface area contributed by atoms with Crippen molar-refractivity contribution in [1.82, 2.24) is 9.80 Å². The highest BCUT2D eigenvalue weighted by Crippen LogP contribution is 2.27. The summed E-state index contributed by atoms with van der Waals surface area (Å²) in [6, 6.07) is 0. The van der Waals surface area contributed by atoms with Crippen molar-refractivity contribution in [3.05, 3.63) is 0 Å². The molecule has 1 heterocycles. The first kappa shape index (κ1) is 18.3. The van der Waals surface area contributed by atoms with Crippen molar-refractivity contribution in [3.63, 3.8) is 0 Å². The molecule has 0 aromatic carbocycles. The van der Waals surface area contributed by atoms with E-state index in [2.05, 4.69) is 42.5 Å². The van der Waals surface area contributed by atoms with Crippen molar-refractivity contribution in [2.45, 2.75) is 71.8 Å². The number of likely N-dealkylation sites (N-methyl/N-ethyl adjacent to an activating group) is 1. The van der Waals surface area contributed by atoms with Crippen LogP contribution in [0.1, 0.15) is 66.2 Å². The summed E-state index contributed by atoms with van der Waals surface area (Å²) in [6.07, 6.45) is 7.88. The van der Waals surface area contributed by atoms with Crippen molar-refractivity contribution in [1.29, 1.82) is 0 Å². The molecule has 2 N–H and O–H groups in total. The predicted molar refractivity (Wildman–Crippen MR) is 92.8 cm³/mol. The van der Waals surface area contributed by atoms with Crippen LogP contribution in [-0.2, 0) is 0 Å². The van der Waals surface area contributed by atoms with Gasteiger partial charge in [-0.3, -0.25) is 4.99 Å². The second-order valence-electron chi connectivity index (χ2n) is 6.51. The van der Waals surface area contributed by atoms with Crippen LogP contribution in [0.2, 0.25) is 0 Å². The van der Waals surface area contributed by atoms with Gasteiger partial charge in [0.1, 0.15) is 0 Å². The standard InChI is InChI=1S/C17H36N4/c1-5-8-9-10-11-12-17(4)15-19-16(18)21(17)14-13-20(6-2)7-3/h5-15H2,1-4H3,(H2,18,19). The molecule has 1 aliphatic heterocycles. The van der Waals surface area contributed by atoms with E-state index >= 15 is 0 Å². The van der Waals surface area contributed by atoms with E-state index in [0.717, 1.165) is 38.7 Å². The lowest BCUT2D eigenvalue weighted by atomic mass is 9.93. The van der Waals surface area contributed by atoms with E-state index in [4.69, 9.17) is 5.73 Å². The van der Waals surface area contributed by atoms with Gasteiger partial charge in [0, 0.05) is 13.1 Å². The Bertz CT molecular complexity index is 312. The third kappa shape index (κ3) is 5.50. The summed E-state index contributed by atoms with van der Waals surface area (Å²) in [5.41, 5.74) is 6.28. The fourth-order valence-corrected chi connectivity index (χ4v) is 3.19. The maximum atomic E-state index is 6.13. The molecule has 1 rings (SSSR count). The molecular weight excluding hydrogens is 260 g/mol. The maximum Gasteiger partial charge on any atom is 0.191 e. The van der Waals surface area contributed by atoms with Gasteiger partial charge in [-0.2, -0.15) is 0 Å². The summed E-state index contributed by atoms with van der Waals surface area (Å²) in [4.78, 5) is 9.32. The van der Waals surface area contributed by atoms with Crippen molar-refractivity contribution in [2.75, 3.05) is 32.7 Å². The number of hydrogen-bond acceptors (Lipinski definition) is 4. The van der Waals surface area contributed by atoms with Gasteiger partial charge in [0.2, 0.25) is 0 Å². The normalized spacial score (nSPS) is 22.1. The van der Waals surface area contributed by atoms with Gasteiger partial charge in [0.25, 0.3) is 0 Å². The molecular formula is C17H36N4. The quantitative estimate of drug-likeness (QED) is 0.596. The minimum Gasteiger partial charge on any atom is -0.370 e. The average molecular weight is 297 g/mol. The van der Waals surface area contributed by atoms with Crippen LogP contribution in [0.25, 0.3) is 0 Å². The zero-order chi connectivity index (χ0) is 15.7. The van der Waals surface area contributed by atoms with Crippen LogP contribution in [0.5, 0.6) is 0 Å². The topological polar surface area (TPSA) is 44.9 Å². The summed E-state index contributed by atoms with van der Waals surface area (Å²) >= 11 is 0. The lowest BCUT2D eigenvalue weighted by molar-refractivity contribution is 0.174. The van der Waals surface area contributed by atoms with Crippen molar-refractivity contribution < 1.29 is 0 Å². The van der Waals surface area contributed by atoms with E-state index < -0.39 is 0 Å². The molecule has 0 saturated heterocycles. The van der Waals surface area contributed by atoms with Gasteiger partial charge in [-0.1, -0.05) is 52.9 Å². The summed E-state index contributed by atoms with van der Waals surface area (Å²) < 4.78 is 0. The van der Waals surface area contributed by atoms with Gasteiger partial charge in [-0.15, -0.1) is 0 Å². The molecule has 1 atom stereocenters. The van der Waals surface area contributed by atoms with Crippen LogP contribution in [0.3, 0.4) is 0 Å². The second kappa shape index (κ2) is 9.29. The fourth-order valence-electron chi connectivity index (χ4n) is 3.19. The Morgan fingerprint density at radius 2 is 1.81 bits per heavy atom. The fraction of sp³-hybridized carbons (Fsp3) is 0.941. The minimum atomic E-state index is 0.142. The van der Waals surface area contributed by atoms with Crippen LogP contribution in [-0.4, -0.2) is 54.0 Å². The van der Waals surface area contributed by atoms with E-state index in [1.807, 2.05) is 0 Å². The molecule has 0 radical (unpaired) electrons. The summed E-state index contributed by atoms with van der Waals surface area (Å²) in [7, 11) is 0. The SMILES string of the molecule is CCCCCCCC1(C)CN=C(N)N1CCN(CC)CC. The third-order valence-corrected chi connectivity index (χ3v) is 4.86. The first-order chi connectivity index (χ1) is 10.1. The van der Waals surface area contributed by atoms with Crippen LogP contribution in [0, 0.1) is 0 Å². The molecule has 0 amide bonds. The van der Waals surface area contributed by atoms with Crippen LogP contribution in [0.15, 0.2) is 4.99 Å². The smallest absolute Gasteiger partial charge is 0.191 e. The number of guanidine groups is 1. The summed E-state index contributed by atoms with van der Waals surface area (Å²) in [5, 5.41) is 0. The number of rotatable bonds is 11. The molecule has 0 aromatic rings. The molecule has 4 nitrogen and oxygen atoms in total. The van der Waals surface area contributed by atoms with Crippen molar-refractivity contribution in [2.24, 2.45) is 10.7 Å². The molecule has 124 valence electrons. The molecule has 4 heteroatoms. The van der Waals surface area contributed by atoms with Crippen LogP contribution in [0.4, 0.5) is 0 Å². The highest BCUT2D eigenvalue weighted by Gasteiger charge is 2.37. The van der Waals surface area contributed by atoms with Gasteiger partial charge >= 0.3 is 0 Å². The lowest BCUT2D eigenvalue weighted by Gasteiger charge is -2.37. The molecule has 1 aliphatic rings. The monoisotopic (exact) mass is 296 g/mol. The van der Waals surface area contributed by atoms with Gasteiger partial charge in [-0.25, -0.2) is 0 Å². The predicted octanol–water partition coefficient (Wildman–Crippen LogP) is 3.08. The molecule has 0 spiro atoms. The number of nitrogens with zero attached hydrogens (tertiary/aromatic N) is 3. The van der Waals surface area contributed by atoms with Gasteiger partial charge in [-0.05, 0) is 26.4 Å². The van der Waals surface area contributed by atoms with E-state index in [0.29, 0.717) is 0 Å². The Balaban J connectivity index is 2.43. The summed E-state index contributed by atoms with van der Waals surface area (Å²) in [6.45, 7) is 14.2. The van der Waals surface area contributed by atoms with E-state index in [1.165, 1.54) is 38.5 Å². The van der Waals surface area contributed by atoms with Gasteiger partial charge in [0.05, 0.1) is 12.1 Å². The molecule has 1 unspecified atom stereocenters. The molecule has 0 saturated carbocycles. The highest BCUT2D eigenvalue weighted by atomic mass is 15.4. The number of aliphatic imine (C=N–C) groups is 1. The number of hydrogen-bond donors (Lipinski definition) is 1. The highest BCUT2D eigenvalue weighted by molar-refractivity contribution is 5.80. The minimum absolute atomic E-state index is 0.142. The zero-order valence-electron chi connectivity index (χ0n) is 14.7. The Labute approximate surface area is 131 Å². The van der Waals surface area contributed by atoms with Crippen LogP contribution < -0.4 is 5.73 Å². The van der Waals surface area contributed by atoms with Gasteiger partial charge < -0.3 is 15.5 Å². The van der Waals surface area contributed by atoms with E-state index in [9.17, 15) is 0 Å². The van der Waals surface area contributed by atoms with E-state index in [-0.39, 0.29) is 5.54 Å². The maximum absolute atomic E-state index is 6.13. The third-order valence-electron chi connectivity index (χ3n) is 4.86. The first-order valence-electron chi connectivity index (χ1n) is 8.87. The van der Waals surface area contributed by atoms with Gasteiger partial charge in [0.15, 0.2) is 5.96 Å². The Kier molecular flexibility index (Phi) is 8.09. The first-order valence-corrected chi connectivity index (χ1v) is 8.87. The summed E-state index contributed by atoms with van der Waals surface area (Å²) in [5.74, 6) is 0.748. The van der Waals surface area contributed by atoms with Crippen molar-refractivity contribution >= 4 is 5.96 Å². The zero-order valence-corrected chi connectivity index (χ0v) is 14.7. The second-order valence-corrected chi connectivity index (χ2v) is 6.51. The molecule has 21 heavy (non-hydrogen) atoms. The number of unbranched alkanes of at least 4 members (excludes halogenated alkanes) is 4. The lowest BCUT2D eigenvalue weighted by Crippen LogP contribution is -2.52. The average Bonchev–Trinajstić information content (AvgIpc) is 2.76. The molecule has 0 aliphatic carbocycles. The number of nitrogens with two attached hydrogens (primary N) is 1.